The highest BCUT2D eigenvalue weighted by Gasteiger charge is 2.47. The number of benzene rings is 2. The van der Waals surface area contributed by atoms with Crippen molar-refractivity contribution in [3.63, 3.8) is 0 Å². The van der Waals surface area contributed by atoms with Crippen LogP contribution in [0.1, 0.15) is 20.7 Å². The fraction of sp³-hybridized carbons (Fsp3) is 0.300. The van der Waals surface area contributed by atoms with Crippen LogP contribution in [0.5, 0.6) is 0 Å². The Balaban J connectivity index is 1.66. The molecular formula is C20H20O7. The van der Waals surface area contributed by atoms with E-state index in [2.05, 4.69) is 0 Å². The number of aliphatic hydroxyl groups is 1. The van der Waals surface area contributed by atoms with E-state index in [1.165, 1.54) is 7.11 Å². The van der Waals surface area contributed by atoms with Gasteiger partial charge in [-0.1, -0.05) is 36.4 Å². The van der Waals surface area contributed by atoms with E-state index in [1.807, 2.05) is 0 Å². The normalized spacial score (nSPS) is 24.4. The molecule has 3 rings (SSSR count). The van der Waals surface area contributed by atoms with Crippen molar-refractivity contribution >= 4 is 11.9 Å². The Kier molecular flexibility index (Phi) is 6.18. The Morgan fingerprint density at radius 2 is 1.52 bits per heavy atom. The van der Waals surface area contributed by atoms with Gasteiger partial charge in [-0.3, -0.25) is 0 Å². The topological polar surface area (TPSA) is 91.3 Å². The number of ether oxygens (including phenoxy) is 4. The third-order valence-electron chi connectivity index (χ3n) is 4.16. The second-order valence-corrected chi connectivity index (χ2v) is 5.97. The molecule has 1 aliphatic rings. The van der Waals surface area contributed by atoms with E-state index in [-0.39, 0.29) is 6.61 Å². The molecule has 0 amide bonds. The SMILES string of the molecule is CO[C@H]1O[C@H](COC(=O)c2ccccc2)[C@@H](OC(=O)c2ccccc2)[C@@H]1O. The van der Waals surface area contributed by atoms with Gasteiger partial charge in [0.1, 0.15) is 18.8 Å². The Morgan fingerprint density at radius 3 is 2.07 bits per heavy atom. The first-order valence-electron chi connectivity index (χ1n) is 8.44. The molecule has 1 N–H and O–H groups in total. The summed E-state index contributed by atoms with van der Waals surface area (Å²) in [4.78, 5) is 24.4. The minimum Gasteiger partial charge on any atom is -0.459 e. The molecule has 0 aromatic heterocycles. The van der Waals surface area contributed by atoms with Gasteiger partial charge in [-0.2, -0.15) is 0 Å². The van der Waals surface area contributed by atoms with Crippen LogP contribution >= 0.6 is 0 Å². The quantitative estimate of drug-likeness (QED) is 0.773. The van der Waals surface area contributed by atoms with E-state index in [1.54, 1.807) is 60.7 Å². The molecule has 7 nitrogen and oxygen atoms in total. The summed E-state index contributed by atoms with van der Waals surface area (Å²) in [6, 6.07) is 16.9. The molecule has 0 aliphatic carbocycles. The van der Waals surface area contributed by atoms with E-state index in [0.29, 0.717) is 11.1 Å². The summed E-state index contributed by atoms with van der Waals surface area (Å²) in [5.41, 5.74) is 0.725. The third kappa shape index (κ3) is 4.51. The van der Waals surface area contributed by atoms with Gasteiger partial charge in [-0.05, 0) is 24.3 Å². The first-order valence-corrected chi connectivity index (χ1v) is 8.44. The highest BCUT2D eigenvalue weighted by Crippen LogP contribution is 2.26. The van der Waals surface area contributed by atoms with Crippen LogP contribution in [0.4, 0.5) is 0 Å². The minimum absolute atomic E-state index is 0.197. The van der Waals surface area contributed by atoms with Crippen LogP contribution in [-0.4, -0.2) is 55.4 Å². The van der Waals surface area contributed by atoms with Crippen LogP contribution in [-0.2, 0) is 18.9 Å². The second kappa shape index (κ2) is 8.77. The molecule has 27 heavy (non-hydrogen) atoms. The number of esters is 2. The van der Waals surface area contributed by atoms with Gasteiger partial charge in [0.25, 0.3) is 0 Å². The van der Waals surface area contributed by atoms with Crippen molar-refractivity contribution in [3.8, 4) is 0 Å². The van der Waals surface area contributed by atoms with Crippen molar-refractivity contribution in [2.45, 2.75) is 24.6 Å². The largest absolute Gasteiger partial charge is 0.459 e. The maximum atomic E-state index is 12.3. The smallest absolute Gasteiger partial charge is 0.338 e. The van der Waals surface area contributed by atoms with Crippen LogP contribution in [0, 0.1) is 0 Å². The molecule has 2 aromatic rings. The Morgan fingerprint density at radius 1 is 0.963 bits per heavy atom. The van der Waals surface area contributed by atoms with Gasteiger partial charge in [0, 0.05) is 7.11 Å². The molecule has 1 aliphatic heterocycles. The van der Waals surface area contributed by atoms with Gasteiger partial charge in [0.05, 0.1) is 11.1 Å². The van der Waals surface area contributed by atoms with Crippen molar-refractivity contribution in [1.29, 1.82) is 0 Å². The monoisotopic (exact) mass is 372 g/mol. The maximum Gasteiger partial charge on any atom is 0.338 e. The average molecular weight is 372 g/mol. The van der Waals surface area contributed by atoms with E-state index in [0.717, 1.165) is 0 Å². The van der Waals surface area contributed by atoms with Crippen molar-refractivity contribution in [3.05, 3.63) is 71.8 Å². The zero-order chi connectivity index (χ0) is 19.2. The number of methoxy groups -OCH3 is 1. The van der Waals surface area contributed by atoms with Gasteiger partial charge in [0.2, 0.25) is 0 Å². The summed E-state index contributed by atoms with van der Waals surface area (Å²) in [5, 5.41) is 10.3. The lowest BCUT2D eigenvalue weighted by atomic mass is 10.1. The molecule has 0 radical (unpaired) electrons. The Hall–Kier alpha value is -2.74. The molecule has 1 saturated heterocycles. The molecule has 7 heteroatoms. The molecular weight excluding hydrogens is 352 g/mol. The lowest BCUT2D eigenvalue weighted by Gasteiger charge is -2.20. The third-order valence-corrected chi connectivity index (χ3v) is 4.16. The van der Waals surface area contributed by atoms with Crippen LogP contribution in [0.2, 0.25) is 0 Å². The highest BCUT2D eigenvalue weighted by molar-refractivity contribution is 5.90. The van der Waals surface area contributed by atoms with Gasteiger partial charge in [-0.25, -0.2) is 9.59 Å². The van der Waals surface area contributed by atoms with E-state index in [4.69, 9.17) is 18.9 Å². The lowest BCUT2D eigenvalue weighted by molar-refractivity contribution is -0.153. The Bertz CT molecular complexity index is 762. The number of carbonyl (C=O) groups excluding carboxylic acids is 2. The van der Waals surface area contributed by atoms with Crippen LogP contribution < -0.4 is 0 Å². The first-order chi connectivity index (χ1) is 13.1. The molecule has 2 aromatic carbocycles. The number of rotatable bonds is 6. The van der Waals surface area contributed by atoms with Crippen molar-refractivity contribution in [2.24, 2.45) is 0 Å². The molecule has 0 saturated carbocycles. The fourth-order valence-corrected chi connectivity index (χ4v) is 2.76. The molecule has 142 valence electrons. The zero-order valence-corrected chi connectivity index (χ0v) is 14.7. The van der Waals surface area contributed by atoms with Gasteiger partial charge >= 0.3 is 11.9 Å². The highest BCUT2D eigenvalue weighted by atomic mass is 16.7. The van der Waals surface area contributed by atoms with E-state index >= 15 is 0 Å². The predicted octanol–water partition coefficient (Wildman–Crippen LogP) is 1.80. The molecule has 0 spiro atoms. The summed E-state index contributed by atoms with van der Waals surface area (Å²) in [6.07, 6.45) is -4.08. The van der Waals surface area contributed by atoms with Gasteiger partial charge in [0.15, 0.2) is 12.4 Å². The fourth-order valence-electron chi connectivity index (χ4n) is 2.76. The lowest BCUT2D eigenvalue weighted by Crippen LogP contribution is -2.39. The number of hydrogen-bond acceptors (Lipinski definition) is 7. The van der Waals surface area contributed by atoms with Gasteiger partial charge in [-0.15, -0.1) is 0 Å². The van der Waals surface area contributed by atoms with Crippen LogP contribution in [0.15, 0.2) is 60.7 Å². The summed E-state index contributed by atoms with van der Waals surface area (Å²) < 4.78 is 21.2. The Labute approximate surface area is 156 Å². The molecule has 4 atom stereocenters. The average Bonchev–Trinajstić information content (AvgIpc) is 3.02. The zero-order valence-electron chi connectivity index (χ0n) is 14.7. The minimum atomic E-state index is -1.21. The number of carbonyl (C=O) groups is 2. The number of aliphatic hydroxyl groups excluding tert-OH is 1. The summed E-state index contributed by atoms with van der Waals surface area (Å²) in [7, 11) is 1.36. The van der Waals surface area contributed by atoms with Gasteiger partial charge < -0.3 is 24.1 Å². The second-order valence-electron chi connectivity index (χ2n) is 5.97. The molecule has 1 fully saturated rings. The molecule has 0 bridgehead atoms. The van der Waals surface area contributed by atoms with Crippen LogP contribution in [0.25, 0.3) is 0 Å². The maximum absolute atomic E-state index is 12.3. The first kappa shape index (κ1) is 19.0. The summed E-state index contributed by atoms with van der Waals surface area (Å²) in [6.45, 7) is -0.197. The van der Waals surface area contributed by atoms with E-state index in [9.17, 15) is 14.7 Å². The predicted molar refractivity (Wildman–Crippen MR) is 94.0 cm³/mol. The molecule has 1 heterocycles. The van der Waals surface area contributed by atoms with Crippen molar-refractivity contribution in [1.82, 2.24) is 0 Å². The number of hydrogen-bond donors (Lipinski definition) is 1. The summed E-state index contributed by atoms with van der Waals surface area (Å²) in [5.74, 6) is -1.15. The van der Waals surface area contributed by atoms with Crippen molar-refractivity contribution < 1.29 is 33.6 Å². The molecule has 0 unspecified atom stereocenters. The standard InChI is InChI=1S/C20H20O7/c1-24-20-16(21)17(27-19(23)14-10-6-3-7-11-14)15(26-20)12-25-18(22)13-8-4-2-5-9-13/h2-11,15-17,20-21H,12H2,1H3/t15-,16+,17-,20+/m1/s1. The summed E-state index contributed by atoms with van der Waals surface area (Å²) >= 11 is 0. The van der Waals surface area contributed by atoms with Crippen molar-refractivity contribution in [2.75, 3.05) is 13.7 Å². The van der Waals surface area contributed by atoms with Crippen LogP contribution in [0.3, 0.4) is 0 Å². The van der Waals surface area contributed by atoms with E-state index < -0.39 is 36.5 Å².